The Bertz CT molecular complexity index is 504. The molecule has 0 fully saturated rings. The third kappa shape index (κ3) is 3.56. The fourth-order valence-corrected chi connectivity index (χ4v) is 1.60. The van der Waals surface area contributed by atoms with Gasteiger partial charge in [0.25, 0.3) is 0 Å². The summed E-state index contributed by atoms with van der Waals surface area (Å²) in [6.45, 7) is 3.47. The van der Waals surface area contributed by atoms with Crippen LogP contribution < -0.4 is 9.64 Å². The van der Waals surface area contributed by atoms with Crippen LogP contribution in [0.2, 0.25) is 0 Å². The van der Waals surface area contributed by atoms with Crippen molar-refractivity contribution in [2.24, 2.45) is 0 Å². The van der Waals surface area contributed by atoms with E-state index in [1.165, 1.54) is 31.3 Å². The summed E-state index contributed by atoms with van der Waals surface area (Å²) in [6.07, 6.45) is 0. The summed E-state index contributed by atoms with van der Waals surface area (Å²) < 4.78 is 9.57. The van der Waals surface area contributed by atoms with Crippen molar-refractivity contribution in [3.8, 4) is 5.88 Å². The second-order valence-corrected chi connectivity index (χ2v) is 4.25. The fourth-order valence-electron chi connectivity index (χ4n) is 1.60. The maximum atomic E-state index is 11.4. The van der Waals surface area contributed by atoms with Crippen LogP contribution in [0.4, 0.5) is 11.5 Å². The van der Waals surface area contributed by atoms with Crippen molar-refractivity contribution in [1.29, 1.82) is 0 Å². The summed E-state index contributed by atoms with van der Waals surface area (Å²) >= 11 is 0. The number of methoxy groups -OCH3 is 2. The van der Waals surface area contributed by atoms with Crippen molar-refractivity contribution < 1.29 is 19.2 Å². The van der Waals surface area contributed by atoms with Gasteiger partial charge < -0.3 is 14.4 Å². The topological polar surface area (TPSA) is 94.8 Å². The van der Waals surface area contributed by atoms with E-state index in [0.29, 0.717) is 0 Å². The van der Waals surface area contributed by atoms with Gasteiger partial charge in [0.1, 0.15) is 6.54 Å². The van der Waals surface area contributed by atoms with Crippen LogP contribution in [0.15, 0.2) is 12.1 Å². The number of carbonyl (C=O) groups excluding carboxylic acids is 1. The molecule has 1 aromatic heterocycles. The van der Waals surface area contributed by atoms with E-state index in [1.54, 1.807) is 13.8 Å². The zero-order chi connectivity index (χ0) is 15.3. The maximum Gasteiger partial charge on any atom is 0.325 e. The Balaban J connectivity index is 3.29. The molecule has 8 nitrogen and oxygen atoms in total. The van der Waals surface area contributed by atoms with Gasteiger partial charge in [0, 0.05) is 18.2 Å². The molecule has 1 heterocycles. The minimum absolute atomic E-state index is 0.0785. The Morgan fingerprint density at radius 3 is 2.55 bits per heavy atom. The second-order valence-electron chi connectivity index (χ2n) is 4.25. The molecule has 1 aromatic rings. The Kier molecular flexibility index (Phi) is 5.24. The average molecular weight is 283 g/mol. The number of nitro groups is 1. The lowest BCUT2D eigenvalue weighted by Gasteiger charge is -2.26. The van der Waals surface area contributed by atoms with Gasteiger partial charge in [-0.3, -0.25) is 14.9 Å². The maximum absolute atomic E-state index is 11.4. The Labute approximate surface area is 116 Å². The minimum atomic E-state index is -0.547. The highest BCUT2D eigenvalue weighted by atomic mass is 16.6. The van der Waals surface area contributed by atoms with Gasteiger partial charge in [-0.25, -0.2) is 0 Å². The molecule has 20 heavy (non-hydrogen) atoms. The Hall–Kier alpha value is -2.38. The fraction of sp³-hybridized carbons (Fsp3) is 0.500. The number of pyridine rings is 1. The summed E-state index contributed by atoms with van der Waals surface area (Å²) in [4.78, 5) is 27.5. The van der Waals surface area contributed by atoms with E-state index in [-0.39, 0.29) is 30.0 Å². The van der Waals surface area contributed by atoms with Crippen LogP contribution in [-0.2, 0) is 9.53 Å². The van der Waals surface area contributed by atoms with Gasteiger partial charge in [-0.1, -0.05) is 0 Å². The Morgan fingerprint density at radius 2 is 2.10 bits per heavy atom. The highest BCUT2D eigenvalue weighted by Crippen LogP contribution is 2.29. The monoisotopic (exact) mass is 283 g/mol. The zero-order valence-electron chi connectivity index (χ0n) is 11.8. The van der Waals surface area contributed by atoms with E-state index in [1.807, 2.05) is 0 Å². The van der Waals surface area contributed by atoms with Crippen molar-refractivity contribution >= 4 is 17.5 Å². The number of carbonyl (C=O) groups is 1. The third-order valence-electron chi connectivity index (χ3n) is 2.66. The molecule has 0 saturated heterocycles. The number of esters is 1. The summed E-state index contributed by atoms with van der Waals surface area (Å²) in [5, 5.41) is 11.1. The van der Waals surface area contributed by atoms with Crippen LogP contribution in [-0.4, -0.2) is 42.7 Å². The van der Waals surface area contributed by atoms with Crippen molar-refractivity contribution in [3.05, 3.63) is 22.2 Å². The van der Waals surface area contributed by atoms with Crippen molar-refractivity contribution in [3.63, 3.8) is 0 Å². The molecule has 0 aliphatic rings. The number of hydrogen-bond acceptors (Lipinski definition) is 7. The number of aromatic nitrogens is 1. The normalized spacial score (nSPS) is 10.2. The standard InChI is InChI=1S/C12H17N3O5/c1-8(2)14(7-11(16)20-4)12-9(15(17)18)5-6-10(13-12)19-3/h5-6,8H,7H2,1-4H3. The van der Waals surface area contributed by atoms with Gasteiger partial charge in [0.2, 0.25) is 11.7 Å². The first-order valence-electron chi connectivity index (χ1n) is 5.93. The molecule has 0 saturated carbocycles. The summed E-state index contributed by atoms with van der Waals surface area (Å²) in [5.74, 6) is -0.187. The lowest BCUT2D eigenvalue weighted by Crippen LogP contribution is -2.37. The Morgan fingerprint density at radius 1 is 1.45 bits per heavy atom. The van der Waals surface area contributed by atoms with E-state index in [2.05, 4.69) is 9.72 Å². The minimum Gasteiger partial charge on any atom is -0.481 e. The second kappa shape index (κ2) is 6.69. The molecule has 0 atom stereocenters. The molecule has 0 spiro atoms. The van der Waals surface area contributed by atoms with Crippen LogP contribution in [0.3, 0.4) is 0 Å². The first-order valence-corrected chi connectivity index (χ1v) is 5.93. The van der Waals surface area contributed by atoms with Gasteiger partial charge in [-0.05, 0) is 13.8 Å². The predicted molar refractivity (Wildman–Crippen MR) is 71.9 cm³/mol. The van der Waals surface area contributed by atoms with E-state index in [9.17, 15) is 14.9 Å². The van der Waals surface area contributed by atoms with Gasteiger partial charge in [0.05, 0.1) is 19.1 Å². The molecule has 0 bridgehead atoms. The van der Waals surface area contributed by atoms with Crippen LogP contribution >= 0.6 is 0 Å². The number of nitrogens with zero attached hydrogens (tertiary/aromatic N) is 3. The summed E-state index contributed by atoms with van der Waals surface area (Å²) in [5.41, 5.74) is -0.191. The summed E-state index contributed by atoms with van der Waals surface area (Å²) in [7, 11) is 2.67. The third-order valence-corrected chi connectivity index (χ3v) is 2.66. The molecule has 0 N–H and O–H groups in total. The molecule has 0 aromatic carbocycles. The van der Waals surface area contributed by atoms with E-state index >= 15 is 0 Å². The molecule has 110 valence electrons. The molecular weight excluding hydrogens is 266 g/mol. The van der Waals surface area contributed by atoms with E-state index < -0.39 is 10.9 Å². The first-order chi connectivity index (χ1) is 9.40. The highest BCUT2D eigenvalue weighted by Gasteiger charge is 2.26. The van der Waals surface area contributed by atoms with Crippen molar-refractivity contribution in [2.45, 2.75) is 19.9 Å². The van der Waals surface area contributed by atoms with Gasteiger partial charge in [-0.15, -0.1) is 0 Å². The molecule has 0 aliphatic heterocycles. The smallest absolute Gasteiger partial charge is 0.325 e. The highest BCUT2D eigenvalue weighted by molar-refractivity contribution is 5.77. The van der Waals surface area contributed by atoms with E-state index in [4.69, 9.17) is 4.74 Å². The van der Waals surface area contributed by atoms with Crippen LogP contribution in [0.25, 0.3) is 0 Å². The van der Waals surface area contributed by atoms with Crippen LogP contribution in [0.1, 0.15) is 13.8 Å². The predicted octanol–water partition coefficient (Wildman–Crippen LogP) is 1.39. The van der Waals surface area contributed by atoms with Gasteiger partial charge in [-0.2, -0.15) is 4.98 Å². The van der Waals surface area contributed by atoms with Gasteiger partial charge in [0.15, 0.2) is 0 Å². The number of hydrogen-bond donors (Lipinski definition) is 0. The number of rotatable bonds is 6. The zero-order valence-corrected chi connectivity index (χ0v) is 11.8. The number of ether oxygens (including phenoxy) is 2. The lowest BCUT2D eigenvalue weighted by molar-refractivity contribution is -0.384. The molecule has 0 radical (unpaired) electrons. The quantitative estimate of drug-likeness (QED) is 0.442. The van der Waals surface area contributed by atoms with Crippen LogP contribution in [0, 0.1) is 10.1 Å². The largest absolute Gasteiger partial charge is 0.481 e. The van der Waals surface area contributed by atoms with Crippen molar-refractivity contribution in [2.75, 3.05) is 25.7 Å². The van der Waals surface area contributed by atoms with Crippen molar-refractivity contribution in [1.82, 2.24) is 4.98 Å². The summed E-state index contributed by atoms with van der Waals surface area (Å²) in [6, 6.07) is 2.53. The van der Waals surface area contributed by atoms with Gasteiger partial charge >= 0.3 is 11.7 Å². The lowest BCUT2D eigenvalue weighted by atomic mass is 10.2. The average Bonchev–Trinajstić information content (AvgIpc) is 2.43. The molecule has 0 aliphatic carbocycles. The first kappa shape index (κ1) is 15.7. The SMILES string of the molecule is COC(=O)CN(c1nc(OC)ccc1[N+](=O)[O-])C(C)C. The van der Waals surface area contributed by atoms with E-state index in [0.717, 1.165) is 0 Å². The number of anilines is 1. The molecule has 0 amide bonds. The molecule has 8 heteroatoms. The molecule has 0 unspecified atom stereocenters. The molecule has 1 rings (SSSR count). The molecular formula is C12H17N3O5. The van der Waals surface area contributed by atoms with Crippen LogP contribution in [0.5, 0.6) is 5.88 Å².